The molecule has 0 aliphatic rings. The van der Waals surface area contributed by atoms with Gasteiger partial charge >= 0.3 is 0 Å². The second-order valence-electron chi connectivity index (χ2n) is 6.78. The number of amides is 1. The smallest absolute Gasteiger partial charge is 0.255 e. The maximum absolute atomic E-state index is 14.0. The lowest BCUT2D eigenvalue weighted by Crippen LogP contribution is -2.24. The second kappa shape index (κ2) is 9.25. The Bertz CT molecular complexity index is 1290. The zero-order valence-corrected chi connectivity index (χ0v) is 17.4. The number of aromatic amines is 1. The first-order chi connectivity index (χ1) is 15.6. The van der Waals surface area contributed by atoms with E-state index in [1.54, 1.807) is 55.0 Å². The second-order valence-corrected chi connectivity index (χ2v) is 6.78. The van der Waals surface area contributed by atoms with Crippen LogP contribution in [0.5, 0.6) is 11.5 Å². The third-order valence-corrected chi connectivity index (χ3v) is 4.82. The Morgan fingerprint density at radius 2 is 2.03 bits per heavy atom. The molecule has 2 aromatic carbocycles. The molecule has 32 heavy (non-hydrogen) atoms. The van der Waals surface area contributed by atoms with Gasteiger partial charge in [0, 0.05) is 12.4 Å². The van der Waals surface area contributed by atoms with Gasteiger partial charge in [-0.1, -0.05) is 12.1 Å². The van der Waals surface area contributed by atoms with Crippen molar-refractivity contribution in [1.82, 2.24) is 25.5 Å². The van der Waals surface area contributed by atoms with E-state index in [9.17, 15) is 9.18 Å². The number of hydrogen-bond acceptors (Lipinski definition) is 6. The van der Waals surface area contributed by atoms with Gasteiger partial charge in [0.2, 0.25) is 0 Å². The minimum atomic E-state index is -0.457. The quantitative estimate of drug-likeness (QED) is 0.462. The monoisotopic (exact) mass is 433 g/mol. The van der Waals surface area contributed by atoms with Crippen LogP contribution in [0, 0.1) is 5.82 Å². The third kappa shape index (κ3) is 4.27. The predicted octanol–water partition coefficient (Wildman–Crippen LogP) is 3.61. The average molecular weight is 433 g/mol. The fraction of sp³-hybridized carbons (Fsp3) is 0.130. The van der Waals surface area contributed by atoms with Crippen molar-refractivity contribution in [3.63, 3.8) is 0 Å². The molecule has 4 rings (SSSR count). The molecule has 162 valence electrons. The molecule has 0 aliphatic carbocycles. The minimum Gasteiger partial charge on any atom is -0.495 e. The van der Waals surface area contributed by atoms with Crippen LogP contribution in [0.15, 0.2) is 48.9 Å². The summed E-state index contributed by atoms with van der Waals surface area (Å²) in [5.74, 6) is -0.219. The van der Waals surface area contributed by atoms with Crippen molar-refractivity contribution < 1.29 is 18.7 Å². The van der Waals surface area contributed by atoms with Crippen molar-refractivity contribution >= 4 is 29.0 Å². The Kier molecular flexibility index (Phi) is 6.07. The van der Waals surface area contributed by atoms with Crippen LogP contribution in [-0.4, -0.2) is 40.3 Å². The third-order valence-electron chi connectivity index (χ3n) is 4.82. The van der Waals surface area contributed by atoms with Gasteiger partial charge in [-0.15, -0.1) is 0 Å². The number of fused-ring (bicyclic) bond motifs is 1. The van der Waals surface area contributed by atoms with Gasteiger partial charge in [0.05, 0.1) is 54.8 Å². The molecule has 0 saturated carbocycles. The number of methoxy groups -OCH3 is 2. The molecule has 2 heterocycles. The molecular formula is C23H20FN5O3. The standard InChI is InChI=1S/C23H20FN5O3/c1-31-20-8-4-14(11-17(20)24)3-6-18-21-19(29-28-18)7-5-16(22(21)32-2)23(30)27-13-15-12-25-9-10-26-15/h3-12H,13H2,1-2H3,(H,27,30)(H,28,29). The molecule has 2 N–H and O–H groups in total. The van der Waals surface area contributed by atoms with Gasteiger partial charge in [-0.25, -0.2) is 4.39 Å². The molecule has 0 saturated heterocycles. The first kappa shape index (κ1) is 21.0. The number of benzene rings is 2. The van der Waals surface area contributed by atoms with Gasteiger partial charge in [0.15, 0.2) is 11.6 Å². The molecule has 0 bridgehead atoms. The van der Waals surface area contributed by atoms with Crippen LogP contribution >= 0.6 is 0 Å². The molecule has 0 atom stereocenters. The number of carbonyl (C=O) groups excluding carboxylic acids is 1. The Hall–Kier alpha value is -4.27. The number of ether oxygens (including phenoxy) is 2. The Labute approximate surface area is 183 Å². The maximum Gasteiger partial charge on any atom is 0.255 e. The van der Waals surface area contributed by atoms with E-state index in [2.05, 4.69) is 25.5 Å². The van der Waals surface area contributed by atoms with Crippen molar-refractivity contribution in [3.8, 4) is 11.5 Å². The number of halogens is 1. The van der Waals surface area contributed by atoms with Crippen LogP contribution in [-0.2, 0) is 6.54 Å². The van der Waals surface area contributed by atoms with Gasteiger partial charge in [-0.3, -0.25) is 19.9 Å². The number of aromatic nitrogens is 4. The summed E-state index contributed by atoms with van der Waals surface area (Å²) in [5.41, 5.74) is 2.89. The summed E-state index contributed by atoms with van der Waals surface area (Å²) in [6.45, 7) is 0.231. The zero-order valence-electron chi connectivity index (χ0n) is 17.4. The van der Waals surface area contributed by atoms with E-state index in [4.69, 9.17) is 9.47 Å². The Morgan fingerprint density at radius 1 is 1.16 bits per heavy atom. The predicted molar refractivity (Wildman–Crippen MR) is 118 cm³/mol. The van der Waals surface area contributed by atoms with Gasteiger partial charge in [0.25, 0.3) is 5.91 Å². The molecule has 4 aromatic rings. The van der Waals surface area contributed by atoms with Crippen molar-refractivity contribution in [2.75, 3.05) is 14.2 Å². The fourth-order valence-corrected chi connectivity index (χ4v) is 3.27. The van der Waals surface area contributed by atoms with Crippen molar-refractivity contribution in [3.05, 3.63) is 77.3 Å². The lowest BCUT2D eigenvalue weighted by atomic mass is 10.1. The summed E-state index contributed by atoms with van der Waals surface area (Å²) in [6, 6.07) is 8.07. The van der Waals surface area contributed by atoms with Gasteiger partial charge < -0.3 is 14.8 Å². The Balaban J connectivity index is 1.63. The normalized spacial score (nSPS) is 11.1. The van der Waals surface area contributed by atoms with E-state index in [0.29, 0.717) is 39.2 Å². The van der Waals surface area contributed by atoms with Gasteiger partial charge in [0.1, 0.15) is 5.75 Å². The summed E-state index contributed by atoms with van der Waals surface area (Å²) in [6.07, 6.45) is 8.16. The number of H-pyrrole nitrogens is 1. The highest BCUT2D eigenvalue weighted by atomic mass is 19.1. The van der Waals surface area contributed by atoms with E-state index in [1.165, 1.54) is 20.3 Å². The van der Waals surface area contributed by atoms with Crippen molar-refractivity contribution in [1.29, 1.82) is 0 Å². The number of carbonyl (C=O) groups is 1. The Morgan fingerprint density at radius 3 is 2.75 bits per heavy atom. The largest absolute Gasteiger partial charge is 0.495 e. The fourth-order valence-electron chi connectivity index (χ4n) is 3.27. The summed E-state index contributed by atoms with van der Waals surface area (Å²) in [5, 5.41) is 10.7. The highest BCUT2D eigenvalue weighted by Gasteiger charge is 2.19. The van der Waals surface area contributed by atoms with Crippen LogP contribution < -0.4 is 14.8 Å². The average Bonchev–Trinajstić information content (AvgIpc) is 3.24. The SMILES string of the molecule is COc1ccc(C=Cc2n[nH]c3ccc(C(=O)NCc4cnccn4)c(OC)c23)cc1F. The van der Waals surface area contributed by atoms with Crippen molar-refractivity contribution in [2.24, 2.45) is 0 Å². The first-order valence-electron chi connectivity index (χ1n) is 9.70. The zero-order chi connectivity index (χ0) is 22.5. The number of nitrogens with one attached hydrogen (secondary N) is 2. The highest BCUT2D eigenvalue weighted by Crippen LogP contribution is 2.32. The van der Waals surface area contributed by atoms with E-state index >= 15 is 0 Å². The van der Waals surface area contributed by atoms with E-state index < -0.39 is 5.82 Å². The molecule has 1 amide bonds. The molecule has 0 spiro atoms. The summed E-state index contributed by atoms with van der Waals surface area (Å²) < 4.78 is 24.5. The molecule has 0 unspecified atom stereocenters. The van der Waals surface area contributed by atoms with Gasteiger partial charge in [-0.05, 0) is 35.9 Å². The number of rotatable bonds is 7. The molecule has 9 heteroatoms. The topological polar surface area (TPSA) is 102 Å². The van der Waals surface area contributed by atoms with E-state index in [0.717, 1.165) is 0 Å². The van der Waals surface area contributed by atoms with E-state index in [-0.39, 0.29) is 18.2 Å². The van der Waals surface area contributed by atoms with Crippen LogP contribution in [0.1, 0.15) is 27.3 Å². The molecule has 0 aliphatic heterocycles. The van der Waals surface area contributed by atoms with Gasteiger partial charge in [-0.2, -0.15) is 5.10 Å². The molecule has 8 nitrogen and oxygen atoms in total. The highest BCUT2D eigenvalue weighted by molar-refractivity contribution is 6.05. The summed E-state index contributed by atoms with van der Waals surface area (Å²) in [7, 11) is 2.91. The minimum absolute atomic E-state index is 0.172. The summed E-state index contributed by atoms with van der Waals surface area (Å²) >= 11 is 0. The van der Waals surface area contributed by atoms with Crippen LogP contribution in [0.3, 0.4) is 0 Å². The van der Waals surface area contributed by atoms with Crippen LogP contribution in [0.25, 0.3) is 23.1 Å². The van der Waals surface area contributed by atoms with Crippen LogP contribution in [0.2, 0.25) is 0 Å². The van der Waals surface area contributed by atoms with Crippen LogP contribution in [0.4, 0.5) is 4.39 Å². The lowest BCUT2D eigenvalue weighted by Gasteiger charge is -2.10. The first-order valence-corrected chi connectivity index (χ1v) is 9.70. The lowest BCUT2D eigenvalue weighted by molar-refractivity contribution is 0.0947. The maximum atomic E-state index is 14.0. The molecule has 0 radical (unpaired) electrons. The summed E-state index contributed by atoms with van der Waals surface area (Å²) in [4.78, 5) is 20.9. The van der Waals surface area contributed by atoms with E-state index in [1.807, 2.05) is 0 Å². The molecular weight excluding hydrogens is 413 g/mol. The number of hydrogen-bond donors (Lipinski definition) is 2. The molecule has 2 aromatic heterocycles. The van der Waals surface area contributed by atoms with Crippen molar-refractivity contribution in [2.45, 2.75) is 6.54 Å². The number of nitrogens with zero attached hydrogens (tertiary/aromatic N) is 3. The molecule has 0 fully saturated rings.